The lowest BCUT2D eigenvalue weighted by atomic mass is 9.94. The van der Waals surface area contributed by atoms with Gasteiger partial charge in [-0.3, -0.25) is 14.7 Å². The van der Waals surface area contributed by atoms with Crippen molar-refractivity contribution in [3.8, 4) is 11.3 Å². The van der Waals surface area contributed by atoms with E-state index in [9.17, 15) is 18.0 Å². The first-order chi connectivity index (χ1) is 14.4. The van der Waals surface area contributed by atoms with Crippen LogP contribution in [0.4, 0.5) is 13.2 Å². The number of hydrogen-bond acceptors (Lipinski definition) is 4. The molecule has 2 saturated heterocycles. The average Bonchev–Trinajstić information content (AvgIpc) is 3.29. The molecular weight excluding hydrogens is 393 g/mol. The van der Waals surface area contributed by atoms with Crippen LogP contribution in [-0.2, 0) is 11.0 Å². The average molecular weight is 418 g/mol. The number of hydrogen-bond donors (Lipinski definition) is 0. The van der Waals surface area contributed by atoms with Crippen LogP contribution in [0.2, 0.25) is 0 Å². The molecule has 1 aromatic carbocycles. The molecule has 1 atom stereocenters. The second-order valence-electron chi connectivity index (χ2n) is 8.07. The standard InChI is InChI=1S/C22H25F3N4O/c23-22(24,25)18-7-3-5-16(11-18)19-12-26-13-20(27-19)17-6-4-8-28(14-17)15-21(30)29-9-1-2-10-29/h3,5,7,11-13,17H,1-2,4,6,8-10,14-15H2. The first kappa shape index (κ1) is 20.8. The molecule has 0 N–H and O–H groups in total. The smallest absolute Gasteiger partial charge is 0.342 e. The third-order valence-electron chi connectivity index (χ3n) is 5.88. The van der Waals surface area contributed by atoms with E-state index in [0.29, 0.717) is 24.3 Å². The van der Waals surface area contributed by atoms with Crippen molar-refractivity contribution in [2.24, 2.45) is 0 Å². The highest BCUT2D eigenvalue weighted by Gasteiger charge is 2.31. The highest BCUT2D eigenvalue weighted by atomic mass is 19.4. The van der Waals surface area contributed by atoms with E-state index in [2.05, 4.69) is 14.9 Å². The highest BCUT2D eigenvalue weighted by molar-refractivity contribution is 5.78. The Hall–Kier alpha value is -2.48. The predicted molar refractivity (Wildman–Crippen MR) is 107 cm³/mol. The maximum absolute atomic E-state index is 13.0. The fraction of sp³-hybridized carbons (Fsp3) is 0.500. The maximum atomic E-state index is 13.0. The van der Waals surface area contributed by atoms with Gasteiger partial charge in [0.15, 0.2) is 0 Å². The zero-order valence-electron chi connectivity index (χ0n) is 16.7. The molecular formula is C22H25F3N4O. The Balaban J connectivity index is 1.47. The van der Waals surface area contributed by atoms with Crippen LogP contribution < -0.4 is 0 Å². The van der Waals surface area contributed by atoms with Crippen LogP contribution >= 0.6 is 0 Å². The van der Waals surface area contributed by atoms with E-state index in [1.807, 2.05) is 4.90 Å². The van der Waals surface area contributed by atoms with Crippen molar-refractivity contribution >= 4 is 5.91 Å². The van der Waals surface area contributed by atoms with Crippen LogP contribution in [0.1, 0.15) is 42.9 Å². The van der Waals surface area contributed by atoms with Gasteiger partial charge in [-0.25, -0.2) is 4.98 Å². The summed E-state index contributed by atoms with van der Waals surface area (Å²) < 4.78 is 39.1. The van der Waals surface area contributed by atoms with Crippen molar-refractivity contribution in [3.63, 3.8) is 0 Å². The molecule has 4 rings (SSSR count). The van der Waals surface area contributed by atoms with Crippen LogP contribution in [0.25, 0.3) is 11.3 Å². The van der Waals surface area contributed by atoms with Gasteiger partial charge in [0.25, 0.3) is 0 Å². The molecule has 0 saturated carbocycles. The van der Waals surface area contributed by atoms with Gasteiger partial charge < -0.3 is 4.90 Å². The van der Waals surface area contributed by atoms with Gasteiger partial charge in [-0.1, -0.05) is 12.1 Å². The van der Waals surface area contributed by atoms with Gasteiger partial charge in [0.1, 0.15) is 0 Å². The quantitative estimate of drug-likeness (QED) is 0.754. The Morgan fingerprint density at radius 2 is 1.90 bits per heavy atom. The SMILES string of the molecule is O=C(CN1CCCC(c2cncc(-c3cccc(C(F)(F)F)c3)n2)C1)N1CCCC1. The Morgan fingerprint density at radius 3 is 2.67 bits per heavy atom. The molecule has 0 bridgehead atoms. The van der Waals surface area contributed by atoms with E-state index in [4.69, 9.17) is 0 Å². The van der Waals surface area contributed by atoms with Crippen molar-refractivity contribution in [1.29, 1.82) is 0 Å². The summed E-state index contributed by atoms with van der Waals surface area (Å²) in [5.74, 6) is 0.292. The summed E-state index contributed by atoms with van der Waals surface area (Å²) in [5.41, 5.74) is 0.902. The van der Waals surface area contributed by atoms with E-state index in [-0.39, 0.29) is 11.8 Å². The second-order valence-corrected chi connectivity index (χ2v) is 8.07. The highest BCUT2D eigenvalue weighted by Crippen LogP contribution is 2.32. The Morgan fingerprint density at radius 1 is 1.10 bits per heavy atom. The number of halogens is 3. The Labute approximate surface area is 173 Å². The number of aromatic nitrogens is 2. The van der Waals surface area contributed by atoms with E-state index >= 15 is 0 Å². The number of nitrogens with zero attached hydrogens (tertiary/aromatic N) is 4. The third-order valence-corrected chi connectivity index (χ3v) is 5.88. The van der Waals surface area contributed by atoms with E-state index in [1.165, 1.54) is 12.3 Å². The molecule has 1 amide bonds. The van der Waals surface area contributed by atoms with Gasteiger partial charge in [0.05, 0.1) is 29.7 Å². The molecule has 8 heteroatoms. The number of benzene rings is 1. The lowest BCUT2D eigenvalue weighted by Crippen LogP contribution is -2.43. The van der Waals surface area contributed by atoms with Crippen molar-refractivity contribution in [2.45, 2.75) is 37.8 Å². The molecule has 0 aliphatic carbocycles. The summed E-state index contributed by atoms with van der Waals surface area (Å²) in [6.45, 7) is 3.69. The fourth-order valence-corrected chi connectivity index (χ4v) is 4.27. The lowest BCUT2D eigenvalue weighted by Gasteiger charge is -2.33. The summed E-state index contributed by atoms with van der Waals surface area (Å²) in [4.78, 5) is 25.4. The zero-order valence-corrected chi connectivity index (χ0v) is 16.7. The number of likely N-dealkylation sites (tertiary alicyclic amines) is 2. The van der Waals surface area contributed by atoms with Gasteiger partial charge in [0.2, 0.25) is 5.91 Å². The van der Waals surface area contributed by atoms with E-state index in [0.717, 1.165) is 63.1 Å². The molecule has 2 aliphatic rings. The largest absolute Gasteiger partial charge is 0.416 e. The summed E-state index contributed by atoms with van der Waals surface area (Å²) >= 11 is 0. The van der Waals surface area contributed by atoms with Crippen LogP contribution in [0, 0.1) is 0 Å². The molecule has 1 aromatic heterocycles. The Bertz CT molecular complexity index is 896. The molecule has 3 heterocycles. The van der Waals surface area contributed by atoms with E-state index < -0.39 is 11.7 Å². The fourth-order valence-electron chi connectivity index (χ4n) is 4.27. The summed E-state index contributed by atoms with van der Waals surface area (Å²) in [5, 5.41) is 0. The van der Waals surface area contributed by atoms with Crippen molar-refractivity contribution in [2.75, 3.05) is 32.7 Å². The van der Waals surface area contributed by atoms with Crippen LogP contribution in [0.15, 0.2) is 36.7 Å². The molecule has 0 radical (unpaired) electrons. The zero-order chi connectivity index (χ0) is 21.1. The minimum absolute atomic E-state index is 0.114. The molecule has 2 aliphatic heterocycles. The second kappa shape index (κ2) is 8.71. The maximum Gasteiger partial charge on any atom is 0.416 e. The van der Waals surface area contributed by atoms with E-state index in [1.54, 1.807) is 12.3 Å². The number of alkyl halides is 3. The minimum atomic E-state index is -4.40. The van der Waals surface area contributed by atoms with Gasteiger partial charge in [-0.15, -0.1) is 0 Å². The van der Waals surface area contributed by atoms with Crippen molar-refractivity contribution in [1.82, 2.24) is 19.8 Å². The first-order valence-electron chi connectivity index (χ1n) is 10.4. The number of amides is 1. The van der Waals surface area contributed by atoms with Crippen LogP contribution in [0.3, 0.4) is 0 Å². The topological polar surface area (TPSA) is 49.3 Å². The molecule has 5 nitrogen and oxygen atoms in total. The number of rotatable bonds is 4. The minimum Gasteiger partial charge on any atom is -0.342 e. The molecule has 2 aromatic rings. The summed E-state index contributed by atoms with van der Waals surface area (Å²) in [6.07, 6.45) is 2.82. The van der Waals surface area contributed by atoms with Gasteiger partial charge in [-0.2, -0.15) is 13.2 Å². The van der Waals surface area contributed by atoms with Crippen molar-refractivity contribution < 1.29 is 18.0 Å². The molecule has 2 fully saturated rings. The van der Waals surface area contributed by atoms with Gasteiger partial charge in [-0.05, 0) is 44.4 Å². The molecule has 0 spiro atoms. The number of piperidine rings is 1. The third kappa shape index (κ3) is 4.80. The molecule has 1 unspecified atom stereocenters. The monoisotopic (exact) mass is 418 g/mol. The number of carbonyl (C=O) groups excluding carboxylic acids is 1. The first-order valence-corrected chi connectivity index (χ1v) is 10.4. The molecule has 160 valence electrons. The summed E-state index contributed by atoms with van der Waals surface area (Å²) in [6, 6.07) is 5.16. The normalized spacial score (nSPS) is 20.5. The lowest BCUT2D eigenvalue weighted by molar-refractivity contribution is -0.137. The Kier molecular flexibility index (Phi) is 6.04. The van der Waals surface area contributed by atoms with Crippen molar-refractivity contribution in [3.05, 3.63) is 47.9 Å². The number of carbonyl (C=O) groups is 1. The van der Waals surface area contributed by atoms with Gasteiger partial charge >= 0.3 is 6.18 Å². The summed E-state index contributed by atoms with van der Waals surface area (Å²) in [7, 11) is 0. The van der Waals surface area contributed by atoms with Gasteiger partial charge in [0, 0.05) is 37.3 Å². The van der Waals surface area contributed by atoms with Crippen LogP contribution in [0.5, 0.6) is 0 Å². The van der Waals surface area contributed by atoms with Crippen LogP contribution in [-0.4, -0.2) is 58.4 Å². The molecule has 30 heavy (non-hydrogen) atoms. The predicted octanol–water partition coefficient (Wildman–Crippen LogP) is 3.96.